The second kappa shape index (κ2) is 10.2. The van der Waals surface area contributed by atoms with Crippen molar-refractivity contribution in [3.05, 3.63) is 108 Å². The molecule has 3 rings (SSSR count). The topological polar surface area (TPSA) is 32.7 Å². The SMILES string of the molecule is CN(Cc1ccccc1)N=C(CCCC(=O)c1ccccc1)c1ccccc1. The molecule has 0 amide bonds. The van der Waals surface area contributed by atoms with Crippen molar-refractivity contribution in [1.82, 2.24) is 5.01 Å². The zero-order valence-corrected chi connectivity index (χ0v) is 16.3. The molecule has 3 aromatic carbocycles. The maximum Gasteiger partial charge on any atom is 0.162 e. The van der Waals surface area contributed by atoms with Crippen molar-refractivity contribution in [1.29, 1.82) is 0 Å². The van der Waals surface area contributed by atoms with E-state index in [1.165, 1.54) is 5.56 Å². The Morgan fingerprint density at radius 2 is 1.29 bits per heavy atom. The lowest BCUT2D eigenvalue weighted by Crippen LogP contribution is -2.15. The molecule has 28 heavy (non-hydrogen) atoms. The predicted octanol–water partition coefficient (Wildman–Crippen LogP) is 5.58. The highest BCUT2D eigenvalue weighted by Crippen LogP contribution is 2.13. The first-order valence-electron chi connectivity index (χ1n) is 9.68. The molecule has 0 heterocycles. The maximum atomic E-state index is 12.4. The summed E-state index contributed by atoms with van der Waals surface area (Å²) in [5.41, 5.74) is 4.12. The fourth-order valence-corrected chi connectivity index (χ4v) is 3.16. The molecule has 0 aliphatic heterocycles. The number of carbonyl (C=O) groups excluding carboxylic acids is 1. The number of hydrazone groups is 1. The molecule has 0 bridgehead atoms. The van der Waals surface area contributed by atoms with Gasteiger partial charge in [-0.1, -0.05) is 91.0 Å². The first-order chi connectivity index (χ1) is 13.7. The van der Waals surface area contributed by atoms with E-state index in [4.69, 9.17) is 5.10 Å². The Morgan fingerprint density at radius 1 is 0.750 bits per heavy atom. The summed E-state index contributed by atoms with van der Waals surface area (Å²) in [6.45, 7) is 0.750. The third-order valence-corrected chi connectivity index (χ3v) is 4.57. The summed E-state index contributed by atoms with van der Waals surface area (Å²) in [5.74, 6) is 0.186. The summed E-state index contributed by atoms with van der Waals surface area (Å²) in [6, 6.07) is 30.0. The second-order valence-corrected chi connectivity index (χ2v) is 6.86. The van der Waals surface area contributed by atoms with Crippen LogP contribution in [-0.4, -0.2) is 23.6 Å². The molecule has 0 unspecified atom stereocenters. The zero-order chi connectivity index (χ0) is 19.6. The monoisotopic (exact) mass is 370 g/mol. The van der Waals surface area contributed by atoms with Gasteiger partial charge in [-0.3, -0.25) is 9.80 Å². The van der Waals surface area contributed by atoms with Crippen LogP contribution in [0.4, 0.5) is 0 Å². The van der Waals surface area contributed by atoms with Crippen molar-refractivity contribution >= 4 is 11.5 Å². The largest absolute Gasteiger partial charge is 0.295 e. The van der Waals surface area contributed by atoms with Crippen molar-refractivity contribution < 1.29 is 4.79 Å². The molecule has 0 aromatic heterocycles. The Bertz CT molecular complexity index is 890. The molecule has 0 saturated heterocycles. The fraction of sp³-hybridized carbons (Fsp3) is 0.200. The van der Waals surface area contributed by atoms with Gasteiger partial charge < -0.3 is 0 Å². The molecule has 142 valence electrons. The van der Waals surface area contributed by atoms with Gasteiger partial charge in [0.1, 0.15) is 0 Å². The number of benzene rings is 3. The minimum atomic E-state index is 0.186. The molecule has 0 atom stereocenters. The smallest absolute Gasteiger partial charge is 0.162 e. The summed E-state index contributed by atoms with van der Waals surface area (Å²) in [6.07, 6.45) is 2.07. The zero-order valence-electron chi connectivity index (χ0n) is 16.3. The predicted molar refractivity (Wildman–Crippen MR) is 116 cm³/mol. The van der Waals surface area contributed by atoms with Gasteiger partial charge >= 0.3 is 0 Å². The maximum absolute atomic E-state index is 12.4. The van der Waals surface area contributed by atoms with E-state index < -0.39 is 0 Å². The lowest BCUT2D eigenvalue weighted by Gasteiger charge is -2.16. The van der Waals surface area contributed by atoms with Crippen LogP contribution in [0.3, 0.4) is 0 Å². The summed E-state index contributed by atoms with van der Waals surface area (Å²) in [4.78, 5) is 12.4. The van der Waals surface area contributed by atoms with E-state index in [2.05, 4.69) is 24.3 Å². The van der Waals surface area contributed by atoms with Gasteiger partial charge in [0.25, 0.3) is 0 Å². The third kappa shape index (κ3) is 5.92. The highest BCUT2D eigenvalue weighted by Gasteiger charge is 2.09. The molecule has 0 spiro atoms. The number of ketones is 1. The number of hydrogen-bond acceptors (Lipinski definition) is 3. The Labute approximate surface area is 167 Å². The number of rotatable bonds is 9. The van der Waals surface area contributed by atoms with Crippen molar-refractivity contribution in [2.75, 3.05) is 7.05 Å². The van der Waals surface area contributed by atoms with E-state index in [9.17, 15) is 4.79 Å². The van der Waals surface area contributed by atoms with Gasteiger partial charge in [-0.25, -0.2) is 0 Å². The van der Waals surface area contributed by atoms with Crippen LogP contribution in [0.1, 0.15) is 40.7 Å². The molecule has 3 aromatic rings. The molecule has 0 aliphatic carbocycles. The quantitative estimate of drug-likeness (QED) is 0.280. The number of carbonyl (C=O) groups is 1. The van der Waals surface area contributed by atoms with Crippen molar-refractivity contribution in [3.63, 3.8) is 0 Å². The average molecular weight is 370 g/mol. The lowest BCUT2D eigenvalue weighted by molar-refractivity contribution is 0.0981. The first-order valence-corrected chi connectivity index (χ1v) is 9.68. The Morgan fingerprint density at radius 3 is 1.89 bits per heavy atom. The van der Waals surface area contributed by atoms with Crippen molar-refractivity contribution in [3.8, 4) is 0 Å². The molecule has 0 N–H and O–H groups in total. The molecule has 3 nitrogen and oxygen atoms in total. The Kier molecular flexibility index (Phi) is 7.14. The summed E-state index contributed by atoms with van der Waals surface area (Å²) in [7, 11) is 1.99. The standard InChI is InChI=1S/C25H26N2O/c1-27(20-21-12-5-2-6-13-21)26-24(22-14-7-3-8-15-22)18-11-19-25(28)23-16-9-4-10-17-23/h2-10,12-17H,11,18-20H2,1H3. The minimum Gasteiger partial charge on any atom is -0.295 e. The lowest BCUT2D eigenvalue weighted by atomic mass is 10.0. The second-order valence-electron chi connectivity index (χ2n) is 6.86. The van der Waals surface area contributed by atoms with E-state index in [1.54, 1.807) is 0 Å². The van der Waals surface area contributed by atoms with Crippen molar-refractivity contribution in [2.45, 2.75) is 25.8 Å². The van der Waals surface area contributed by atoms with E-state index >= 15 is 0 Å². The number of hydrogen-bond donors (Lipinski definition) is 0. The van der Waals surface area contributed by atoms with Crippen LogP contribution in [0.25, 0.3) is 0 Å². The van der Waals surface area contributed by atoms with E-state index in [-0.39, 0.29) is 5.78 Å². The summed E-state index contributed by atoms with van der Waals surface area (Å²) >= 11 is 0. The highest BCUT2D eigenvalue weighted by molar-refractivity contribution is 6.01. The summed E-state index contributed by atoms with van der Waals surface area (Å²) in [5, 5.41) is 6.82. The fourth-order valence-electron chi connectivity index (χ4n) is 3.16. The van der Waals surface area contributed by atoms with Gasteiger partial charge in [-0.2, -0.15) is 5.10 Å². The molecule has 0 radical (unpaired) electrons. The van der Waals surface area contributed by atoms with Crippen LogP contribution in [0, 0.1) is 0 Å². The van der Waals surface area contributed by atoms with Crippen LogP contribution in [0.2, 0.25) is 0 Å². The molecule has 0 fully saturated rings. The van der Waals surface area contributed by atoms with E-state index in [0.717, 1.165) is 36.2 Å². The van der Waals surface area contributed by atoms with Gasteiger partial charge in [0.05, 0.1) is 12.3 Å². The molecular weight excluding hydrogens is 344 g/mol. The van der Waals surface area contributed by atoms with E-state index in [0.29, 0.717) is 6.42 Å². The number of Topliss-reactive ketones (excluding diaryl/α,β-unsaturated/α-hetero) is 1. The van der Waals surface area contributed by atoms with Gasteiger partial charge in [-0.15, -0.1) is 0 Å². The molecule has 0 aliphatic rings. The Balaban J connectivity index is 1.66. The van der Waals surface area contributed by atoms with Crippen LogP contribution >= 0.6 is 0 Å². The first kappa shape index (κ1) is 19.6. The highest BCUT2D eigenvalue weighted by atomic mass is 16.1. The van der Waals surface area contributed by atoms with E-state index in [1.807, 2.05) is 78.8 Å². The van der Waals surface area contributed by atoms with Crippen LogP contribution in [0.5, 0.6) is 0 Å². The van der Waals surface area contributed by atoms with Gasteiger partial charge in [0.2, 0.25) is 0 Å². The van der Waals surface area contributed by atoms with Crippen LogP contribution in [-0.2, 0) is 6.54 Å². The van der Waals surface area contributed by atoms with Gasteiger partial charge in [-0.05, 0) is 24.0 Å². The van der Waals surface area contributed by atoms with Gasteiger partial charge in [0, 0.05) is 19.0 Å². The molecule has 3 heteroatoms. The molecule has 0 saturated carbocycles. The van der Waals surface area contributed by atoms with Gasteiger partial charge in [0.15, 0.2) is 5.78 Å². The van der Waals surface area contributed by atoms with Crippen LogP contribution in [0.15, 0.2) is 96.1 Å². The van der Waals surface area contributed by atoms with Crippen molar-refractivity contribution in [2.24, 2.45) is 5.10 Å². The van der Waals surface area contributed by atoms with Crippen LogP contribution < -0.4 is 0 Å². The number of nitrogens with zero attached hydrogens (tertiary/aromatic N) is 2. The molecular formula is C25H26N2O. The third-order valence-electron chi connectivity index (χ3n) is 4.57. The normalized spacial score (nSPS) is 11.2. The Hall–Kier alpha value is -3.20. The summed E-state index contributed by atoms with van der Waals surface area (Å²) < 4.78 is 0. The minimum absolute atomic E-state index is 0.186. The average Bonchev–Trinajstić information content (AvgIpc) is 2.75.